The lowest BCUT2D eigenvalue weighted by Crippen LogP contribution is -2.53. The predicted octanol–water partition coefficient (Wildman–Crippen LogP) is 7.31. The largest absolute Gasteiger partial charge is 0.480 e. The van der Waals surface area contributed by atoms with Crippen LogP contribution in [0.25, 0.3) is 22.0 Å². The molecule has 0 unspecified atom stereocenters. The summed E-state index contributed by atoms with van der Waals surface area (Å²) in [6.45, 7) is 5.24. The van der Waals surface area contributed by atoms with Gasteiger partial charge in [-0.05, 0) is 66.6 Å². The smallest absolute Gasteiger partial charge is 0.419 e. The van der Waals surface area contributed by atoms with Crippen molar-refractivity contribution >= 4 is 40.9 Å². The molecule has 1 heterocycles. The number of nitrogens with zero attached hydrogens (tertiary/aromatic N) is 2. The van der Waals surface area contributed by atoms with E-state index in [0.717, 1.165) is 32.7 Å². The third-order valence-corrected chi connectivity index (χ3v) is 9.71. The molecule has 12 nitrogen and oxygen atoms in total. The number of hydrogen-bond donors (Lipinski definition) is 2. The van der Waals surface area contributed by atoms with Crippen LogP contribution in [-0.2, 0) is 41.6 Å². The Labute approximate surface area is 325 Å². The van der Waals surface area contributed by atoms with E-state index in [1.807, 2.05) is 78.9 Å². The Hall–Kier alpha value is -6.43. The third-order valence-electron chi connectivity index (χ3n) is 9.71. The Kier molecular flexibility index (Phi) is 11.9. The molecule has 290 valence electrons. The monoisotopic (exact) mass is 759 g/mol. The second-order valence-corrected chi connectivity index (χ2v) is 14.7. The Balaban J connectivity index is 1.20. The van der Waals surface area contributed by atoms with Crippen molar-refractivity contribution in [1.82, 2.24) is 14.8 Å². The number of likely N-dealkylation sites (N-methyl/N-ethyl adjacent to an activating group) is 1. The van der Waals surface area contributed by atoms with Crippen LogP contribution in [0.1, 0.15) is 61.8 Å². The van der Waals surface area contributed by atoms with E-state index < -0.39 is 47.7 Å². The highest BCUT2D eigenvalue weighted by Crippen LogP contribution is 2.44. The molecule has 12 heteroatoms. The van der Waals surface area contributed by atoms with Crippen LogP contribution >= 0.6 is 0 Å². The highest BCUT2D eigenvalue weighted by atomic mass is 16.6. The van der Waals surface area contributed by atoms with Crippen LogP contribution in [0.15, 0.2) is 109 Å². The van der Waals surface area contributed by atoms with Crippen LogP contribution in [0.2, 0.25) is 0 Å². The van der Waals surface area contributed by atoms with Crippen molar-refractivity contribution in [2.75, 3.05) is 13.7 Å². The number of aliphatic carboxylic acids is 1. The SMILES string of the molecule is CN(C(=O)[C@H](CCC(=O)OCc1ccccc1)NC(=O)OCC1c2ccccc2-c2ccccc21)[C@@H](Cc1cn(C(=O)OC(C)(C)C)c2ccccc12)C(=O)O. The maximum absolute atomic E-state index is 14.2. The summed E-state index contributed by atoms with van der Waals surface area (Å²) in [5.74, 6) is -2.90. The molecular weight excluding hydrogens is 714 g/mol. The molecule has 4 aromatic carbocycles. The fourth-order valence-corrected chi connectivity index (χ4v) is 6.98. The Morgan fingerprint density at radius 1 is 0.821 bits per heavy atom. The minimum atomic E-state index is -1.42. The van der Waals surface area contributed by atoms with Gasteiger partial charge in [-0.15, -0.1) is 0 Å². The fraction of sp³-hybridized carbons (Fsp3) is 0.295. The maximum Gasteiger partial charge on any atom is 0.419 e. The number of carboxylic acids is 1. The average Bonchev–Trinajstić information content (AvgIpc) is 3.71. The first kappa shape index (κ1) is 39.3. The van der Waals surface area contributed by atoms with Crippen LogP contribution in [0.5, 0.6) is 0 Å². The van der Waals surface area contributed by atoms with Crippen molar-refractivity contribution < 1.29 is 43.3 Å². The lowest BCUT2D eigenvalue weighted by atomic mass is 9.98. The van der Waals surface area contributed by atoms with E-state index in [4.69, 9.17) is 14.2 Å². The highest BCUT2D eigenvalue weighted by Gasteiger charge is 2.35. The molecule has 2 amide bonds. The number of amides is 2. The standard InChI is InChI=1S/C44H45N3O9/c1-44(2,3)56-43(53)47-25-29(30-16-12-13-21-37(30)47)24-38(41(50)51)46(4)40(49)36(22-23-39(48)54-26-28-14-6-5-7-15-28)45-42(52)55-27-35-33-19-10-8-17-31(33)32-18-9-11-20-34(32)35/h5-21,25,35-36,38H,22-24,26-27H2,1-4H3,(H,45,52)(H,50,51)/t36-,38-/m0/s1. The predicted molar refractivity (Wildman–Crippen MR) is 209 cm³/mol. The Morgan fingerprint density at radius 2 is 1.43 bits per heavy atom. The Bertz CT molecular complexity index is 2200. The number of para-hydroxylation sites is 1. The van der Waals surface area contributed by atoms with Crippen LogP contribution in [0.3, 0.4) is 0 Å². The van der Waals surface area contributed by atoms with Gasteiger partial charge in [0.05, 0.1) is 5.52 Å². The van der Waals surface area contributed by atoms with E-state index in [2.05, 4.69) is 5.32 Å². The van der Waals surface area contributed by atoms with Gasteiger partial charge in [0.2, 0.25) is 5.91 Å². The van der Waals surface area contributed by atoms with Gasteiger partial charge in [0, 0.05) is 37.4 Å². The van der Waals surface area contributed by atoms with Crippen molar-refractivity contribution in [3.63, 3.8) is 0 Å². The van der Waals surface area contributed by atoms with Gasteiger partial charge in [-0.2, -0.15) is 0 Å². The molecule has 6 rings (SSSR count). The quantitative estimate of drug-likeness (QED) is 0.0930. The number of rotatable bonds is 13. The first-order chi connectivity index (χ1) is 26.8. The second-order valence-electron chi connectivity index (χ2n) is 14.7. The summed E-state index contributed by atoms with van der Waals surface area (Å²) in [6, 6.07) is 29.1. The normalized spacial score (nSPS) is 13.2. The lowest BCUT2D eigenvalue weighted by Gasteiger charge is -2.29. The first-order valence-corrected chi connectivity index (χ1v) is 18.4. The zero-order chi connectivity index (χ0) is 40.0. The average molecular weight is 760 g/mol. The number of nitrogens with one attached hydrogen (secondary N) is 1. The van der Waals surface area contributed by atoms with Crippen LogP contribution in [0.4, 0.5) is 9.59 Å². The van der Waals surface area contributed by atoms with Crippen LogP contribution in [0, 0.1) is 0 Å². The van der Waals surface area contributed by atoms with E-state index in [0.29, 0.717) is 16.5 Å². The van der Waals surface area contributed by atoms with E-state index >= 15 is 0 Å². The number of esters is 1. The van der Waals surface area contributed by atoms with E-state index in [1.165, 1.54) is 17.8 Å². The number of carbonyl (C=O) groups excluding carboxylic acids is 4. The summed E-state index contributed by atoms with van der Waals surface area (Å²) in [7, 11) is 1.33. The van der Waals surface area contributed by atoms with Gasteiger partial charge >= 0.3 is 24.1 Å². The van der Waals surface area contributed by atoms with Crippen molar-refractivity contribution in [2.24, 2.45) is 0 Å². The molecule has 56 heavy (non-hydrogen) atoms. The molecule has 0 fully saturated rings. The molecule has 0 saturated heterocycles. The molecule has 1 aromatic heterocycles. The van der Waals surface area contributed by atoms with Gasteiger partial charge in [-0.25, -0.2) is 14.4 Å². The minimum absolute atomic E-state index is 0.0187. The topological polar surface area (TPSA) is 153 Å². The summed E-state index contributed by atoms with van der Waals surface area (Å²) >= 11 is 0. The molecule has 0 saturated carbocycles. The zero-order valence-electron chi connectivity index (χ0n) is 31.8. The van der Waals surface area contributed by atoms with Crippen molar-refractivity contribution in [3.8, 4) is 11.1 Å². The molecular formula is C44H45N3O9. The summed E-state index contributed by atoms with van der Waals surface area (Å²) in [5, 5.41) is 13.7. The number of carbonyl (C=O) groups is 5. The zero-order valence-corrected chi connectivity index (χ0v) is 31.8. The maximum atomic E-state index is 14.2. The summed E-state index contributed by atoms with van der Waals surface area (Å²) in [5.41, 5.74) is 5.12. The number of ether oxygens (including phenoxy) is 3. The number of aromatic nitrogens is 1. The fourth-order valence-electron chi connectivity index (χ4n) is 6.98. The number of carboxylic acid groups (broad SMARTS) is 1. The van der Waals surface area contributed by atoms with E-state index in [-0.39, 0.29) is 38.4 Å². The number of fused-ring (bicyclic) bond motifs is 4. The van der Waals surface area contributed by atoms with Gasteiger partial charge in [-0.3, -0.25) is 14.2 Å². The van der Waals surface area contributed by atoms with Gasteiger partial charge in [0.15, 0.2) is 0 Å². The highest BCUT2D eigenvalue weighted by molar-refractivity contribution is 5.94. The Morgan fingerprint density at radius 3 is 2.07 bits per heavy atom. The van der Waals surface area contributed by atoms with Crippen LogP contribution in [-0.4, -0.2) is 75.9 Å². The molecule has 0 spiro atoms. The second kappa shape index (κ2) is 16.9. The molecule has 0 radical (unpaired) electrons. The third kappa shape index (κ3) is 9.08. The van der Waals surface area contributed by atoms with E-state index in [9.17, 15) is 29.1 Å². The molecule has 0 aliphatic heterocycles. The van der Waals surface area contributed by atoms with Gasteiger partial charge in [0.25, 0.3) is 0 Å². The molecule has 1 aliphatic rings. The summed E-state index contributed by atoms with van der Waals surface area (Å²) in [4.78, 5) is 67.5. The molecule has 0 bridgehead atoms. The summed E-state index contributed by atoms with van der Waals surface area (Å²) < 4.78 is 18.0. The number of alkyl carbamates (subject to hydrolysis) is 1. The van der Waals surface area contributed by atoms with Crippen molar-refractivity contribution in [2.45, 2.75) is 70.2 Å². The van der Waals surface area contributed by atoms with Crippen LogP contribution < -0.4 is 5.32 Å². The molecule has 5 aromatic rings. The molecule has 1 aliphatic carbocycles. The van der Waals surface area contributed by atoms with Crippen molar-refractivity contribution in [3.05, 3.63) is 132 Å². The lowest BCUT2D eigenvalue weighted by molar-refractivity contribution is -0.150. The van der Waals surface area contributed by atoms with E-state index in [1.54, 1.807) is 45.0 Å². The van der Waals surface area contributed by atoms with Gasteiger partial charge in [-0.1, -0.05) is 97.1 Å². The number of hydrogen-bond acceptors (Lipinski definition) is 8. The van der Waals surface area contributed by atoms with Gasteiger partial charge in [0.1, 0.15) is 30.9 Å². The van der Waals surface area contributed by atoms with Gasteiger partial charge < -0.3 is 29.5 Å². The number of benzene rings is 4. The first-order valence-electron chi connectivity index (χ1n) is 18.4. The van der Waals surface area contributed by atoms with Crippen molar-refractivity contribution in [1.29, 1.82) is 0 Å². The molecule has 2 N–H and O–H groups in total. The molecule has 2 atom stereocenters. The minimum Gasteiger partial charge on any atom is -0.480 e. The summed E-state index contributed by atoms with van der Waals surface area (Å²) in [6.07, 6.45) is -0.633.